The van der Waals surface area contributed by atoms with Gasteiger partial charge in [0.05, 0.1) is 6.10 Å². The lowest BCUT2D eigenvalue weighted by molar-refractivity contribution is 0.0942. The molecule has 4 rings (SSSR count). The van der Waals surface area contributed by atoms with Crippen molar-refractivity contribution in [2.75, 3.05) is 32.7 Å². The highest BCUT2D eigenvalue weighted by atomic mass is 19.1. The lowest BCUT2D eigenvalue weighted by atomic mass is 9.89. The van der Waals surface area contributed by atoms with E-state index in [1.807, 2.05) is 23.1 Å². The molecule has 0 bridgehead atoms. The Morgan fingerprint density at radius 2 is 1.62 bits per heavy atom. The summed E-state index contributed by atoms with van der Waals surface area (Å²) in [7, 11) is 0. The number of hydrogen-bond donors (Lipinski definition) is 1. The van der Waals surface area contributed by atoms with Gasteiger partial charge < -0.3 is 14.9 Å². The number of aliphatic hydroxyl groups is 1. The molecule has 0 amide bonds. The van der Waals surface area contributed by atoms with Crippen molar-refractivity contribution in [1.82, 2.24) is 9.80 Å². The Bertz CT molecular complexity index is 1070. The fourth-order valence-electron chi connectivity index (χ4n) is 5.70. The van der Waals surface area contributed by atoms with Crippen molar-refractivity contribution in [3.8, 4) is 11.1 Å². The number of halogens is 3. The molecule has 3 nitrogen and oxygen atoms in total. The van der Waals surface area contributed by atoms with Crippen LogP contribution in [0.2, 0.25) is 0 Å². The first-order valence-corrected chi connectivity index (χ1v) is 13.7. The van der Waals surface area contributed by atoms with Gasteiger partial charge in [-0.2, -0.15) is 0 Å². The number of benzene rings is 2. The fourth-order valence-corrected chi connectivity index (χ4v) is 5.70. The lowest BCUT2D eigenvalue weighted by Crippen LogP contribution is -2.41. The Morgan fingerprint density at radius 3 is 2.27 bits per heavy atom. The number of nitrogens with zero attached hydrogens (tertiary/aromatic N) is 2. The highest BCUT2D eigenvalue weighted by Gasteiger charge is 2.25. The molecule has 1 N–H and O–H groups in total. The minimum atomic E-state index is -1.17. The summed E-state index contributed by atoms with van der Waals surface area (Å²) >= 11 is 0. The van der Waals surface area contributed by atoms with Gasteiger partial charge in [-0.3, -0.25) is 0 Å². The number of likely N-dealkylation sites (tertiary alicyclic amines) is 2. The second-order valence-electron chi connectivity index (χ2n) is 11.5. The van der Waals surface area contributed by atoms with Gasteiger partial charge in [0.15, 0.2) is 0 Å². The maximum Gasteiger partial charge on any atom is 0.133 e. The van der Waals surface area contributed by atoms with Crippen molar-refractivity contribution in [1.29, 1.82) is 0 Å². The quantitative estimate of drug-likeness (QED) is 0.418. The van der Waals surface area contributed by atoms with E-state index in [2.05, 4.69) is 11.5 Å². The van der Waals surface area contributed by atoms with Gasteiger partial charge in [0.1, 0.15) is 17.3 Å². The summed E-state index contributed by atoms with van der Waals surface area (Å²) in [6.45, 7) is 11.0. The Labute approximate surface area is 220 Å². The maximum absolute atomic E-state index is 15.1. The van der Waals surface area contributed by atoms with E-state index in [9.17, 15) is 13.9 Å². The molecular weight excluding hydrogens is 473 g/mol. The summed E-state index contributed by atoms with van der Waals surface area (Å²) in [4.78, 5) is 4.22. The van der Waals surface area contributed by atoms with E-state index in [1.54, 1.807) is 19.9 Å². The molecule has 2 heterocycles. The summed E-state index contributed by atoms with van der Waals surface area (Å²) in [5.74, 6) is -0.106. The van der Waals surface area contributed by atoms with Crippen LogP contribution in [-0.4, -0.2) is 59.4 Å². The van der Waals surface area contributed by atoms with Crippen LogP contribution in [-0.2, 0) is 6.42 Å². The molecule has 2 aromatic rings. The minimum absolute atomic E-state index is 0.258. The molecule has 0 aromatic heterocycles. The predicted octanol–water partition coefficient (Wildman–Crippen LogP) is 6.84. The van der Waals surface area contributed by atoms with Crippen molar-refractivity contribution in [3.05, 3.63) is 65.7 Å². The van der Waals surface area contributed by atoms with E-state index < -0.39 is 5.67 Å². The van der Waals surface area contributed by atoms with Crippen LogP contribution < -0.4 is 0 Å². The van der Waals surface area contributed by atoms with Crippen LogP contribution in [0.3, 0.4) is 0 Å². The molecule has 2 aromatic carbocycles. The smallest absolute Gasteiger partial charge is 0.133 e. The zero-order valence-electron chi connectivity index (χ0n) is 22.3. The molecule has 0 saturated carbocycles. The average Bonchev–Trinajstić information content (AvgIpc) is 3.07. The van der Waals surface area contributed by atoms with Gasteiger partial charge in [0.25, 0.3) is 0 Å². The molecule has 6 heteroatoms. The second kappa shape index (κ2) is 12.0. The Kier molecular flexibility index (Phi) is 9.02. The third kappa shape index (κ3) is 7.61. The van der Waals surface area contributed by atoms with Crippen molar-refractivity contribution >= 4 is 5.70 Å². The Balaban J connectivity index is 1.34. The summed E-state index contributed by atoms with van der Waals surface area (Å²) in [5.41, 5.74) is 1.86. The second-order valence-corrected chi connectivity index (χ2v) is 11.5. The van der Waals surface area contributed by atoms with Crippen LogP contribution in [0, 0.1) is 17.6 Å². The first-order valence-electron chi connectivity index (χ1n) is 13.7. The van der Waals surface area contributed by atoms with E-state index in [1.165, 1.54) is 12.1 Å². The number of hydrogen-bond acceptors (Lipinski definition) is 3. The van der Waals surface area contributed by atoms with Crippen molar-refractivity contribution < 1.29 is 18.3 Å². The van der Waals surface area contributed by atoms with E-state index in [0.717, 1.165) is 51.7 Å². The topological polar surface area (TPSA) is 26.7 Å². The maximum atomic E-state index is 15.1. The van der Waals surface area contributed by atoms with Crippen LogP contribution in [0.1, 0.15) is 63.5 Å². The van der Waals surface area contributed by atoms with Crippen LogP contribution in [0.5, 0.6) is 0 Å². The lowest BCUT2D eigenvalue weighted by Gasteiger charge is -2.34. The molecular formula is C31H41F3N2O. The van der Waals surface area contributed by atoms with Gasteiger partial charge in [-0.1, -0.05) is 24.8 Å². The first kappa shape index (κ1) is 27.7. The minimum Gasteiger partial charge on any atom is -0.393 e. The molecule has 1 unspecified atom stereocenters. The van der Waals surface area contributed by atoms with Gasteiger partial charge in [-0.15, -0.1) is 0 Å². The highest BCUT2D eigenvalue weighted by molar-refractivity contribution is 5.69. The fraction of sp³-hybridized carbons (Fsp3) is 0.548. The molecule has 2 aliphatic rings. The molecule has 202 valence electrons. The summed E-state index contributed by atoms with van der Waals surface area (Å²) < 4.78 is 44.0. The number of aryl methyl sites for hydroxylation is 1. The molecule has 2 saturated heterocycles. The standard InChI is InChI=1S/C31H41F3N2O/c1-22(36-15-4-5-27(37)14-18-36)28-11-10-26(20-30(28)33)25-9-8-24(29(32)19-25)7-6-23-12-16-35(17-13-23)21-31(2,3)34/h8-11,19-20,23,27,37H,1,4-7,12-18,21H2,2-3H3. The normalized spacial score (nSPS) is 20.2. The van der Waals surface area contributed by atoms with Gasteiger partial charge in [-0.05, 0) is 113 Å². The van der Waals surface area contributed by atoms with Crippen molar-refractivity contribution in [3.63, 3.8) is 0 Å². The molecule has 1 atom stereocenters. The highest BCUT2D eigenvalue weighted by Crippen LogP contribution is 2.30. The van der Waals surface area contributed by atoms with Crippen molar-refractivity contribution in [2.24, 2.45) is 5.92 Å². The summed E-state index contributed by atoms with van der Waals surface area (Å²) in [6, 6.07) is 10.2. The number of aliphatic hydroxyl groups excluding tert-OH is 1. The molecule has 2 fully saturated rings. The van der Waals surface area contributed by atoms with Crippen LogP contribution in [0.15, 0.2) is 43.0 Å². The zero-order chi connectivity index (χ0) is 26.6. The molecule has 0 spiro atoms. The summed E-state index contributed by atoms with van der Waals surface area (Å²) in [6.07, 6.45) is 5.57. The van der Waals surface area contributed by atoms with Crippen LogP contribution in [0.25, 0.3) is 16.8 Å². The van der Waals surface area contributed by atoms with Gasteiger partial charge in [0, 0.05) is 30.9 Å². The third-order valence-corrected chi connectivity index (χ3v) is 7.87. The first-order chi connectivity index (χ1) is 17.6. The average molecular weight is 515 g/mol. The van der Waals surface area contributed by atoms with E-state index in [4.69, 9.17) is 0 Å². The van der Waals surface area contributed by atoms with Crippen molar-refractivity contribution in [2.45, 2.75) is 70.6 Å². The Hall–Kier alpha value is -2.31. The van der Waals surface area contributed by atoms with Gasteiger partial charge >= 0.3 is 0 Å². The van der Waals surface area contributed by atoms with E-state index in [-0.39, 0.29) is 17.7 Å². The van der Waals surface area contributed by atoms with Crippen LogP contribution >= 0.6 is 0 Å². The monoisotopic (exact) mass is 514 g/mol. The SMILES string of the molecule is C=C(c1ccc(-c2ccc(CCC3CCN(CC(C)(C)F)CC3)c(F)c2)cc1F)N1CCCC(O)CC1. The van der Waals surface area contributed by atoms with E-state index >= 15 is 4.39 Å². The zero-order valence-corrected chi connectivity index (χ0v) is 22.3. The number of rotatable bonds is 8. The van der Waals surface area contributed by atoms with E-state index in [0.29, 0.717) is 59.8 Å². The number of piperidine rings is 1. The molecule has 37 heavy (non-hydrogen) atoms. The number of alkyl halides is 1. The molecule has 0 radical (unpaired) electrons. The Morgan fingerprint density at radius 1 is 0.946 bits per heavy atom. The van der Waals surface area contributed by atoms with Gasteiger partial charge in [-0.25, -0.2) is 13.2 Å². The molecule has 2 aliphatic heterocycles. The summed E-state index contributed by atoms with van der Waals surface area (Å²) in [5, 5.41) is 9.89. The third-order valence-electron chi connectivity index (χ3n) is 7.87. The van der Waals surface area contributed by atoms with Crippen LogP contribution in [0.4, 0.5) is 13.2 Å². The predicted molar refractivity (Wildman–Crippen MR) is 145 cm³/mol. The molecule has 0 aliphatic carbocycles. The largest absolute Gasteiger partial charge is 0.393 e. The van der Waals surface area contributed by atoms with Gasteiger partial charge in [0.2, 0.25) is 0 Å².